The Morgan fingerprint density at radius 2 is 0.787 bits per heavy atom. The molecule has 2 nitrogen and oxygen atoms in total. The summed E-state index contributed by atoms with van der Waals surface area (Å²) in [7, 11) is -1.78. The summed E-state index contributed by atoms with van der Waals surface area (Å²) in [5.41, 5.74) is 20.9. The van der Waals surface area contributed by atoms with E-state index in [2.05, 4.69) is 220 Å². The molecule has 0 N–H and O–H groups in total. The zero-order valence-corrected chi connectivity index (χ0v) is 42.6. The van der Waals surface area contributed by atoms with Crippen LogP contribution in [0.2, 0.25) is 0 Å². The molecule has 10 rings (SSSR count). The van der Waals surface area contributed by atoms with E-state index in [0.29, 0.717) is 0 Å². The third-order valence-electron chi connectivity index (χ3n) is 15.1. The summed E-state index contributed by atoms with van der Waals surface area (Å²) in [5.74, 6) is 0. The smallest absolute Gasteiger partial charge is 0.0644 e. The van der Waals surface area contributed by atoms with Crippen LogP contribution in [0.1, 0.15) is 182 Å². The fourth-order valence-electron chi connectivity index (χ4n) is 11.7. The molecule has 0 aliphatic carbocycles. The number of nitrogens with zero attached hydrogens (tertiary/aromatic N) is 2. The van der Waals surface area contributed by atoms with E-state index in [0.717, 1.165) is 0 Å². The minimum absolute atomic E-state index is 0.0344. The second-order valence-electron chi connectivity index (χ2n) is 25.4. The van der Waals surface area contributed by atoms with Crippen LogP contribution in [-0.2, 0) is 37.9 Å². The van der Waals surface area contributed by atoms with E-state index in [9.17, 15) is 0 Å². The first-order chi connectivity index (χ1) is 27.8. The third kappa shape index (κ3) is 5.24. The van der Waals surface area contributed by atoms with Gasteiger partial charge in [0.25, 0.3) is 0 Å². The summed E-state index contributed by atoms with van der Waals surface area (Å²) in [6.45, 7) is 46.2. The Balaban J connectivity index is 1.45. The maximum atomic E-state index is 2.79. The summed E-state index contributed by atoms with van der Waals surface area (Å²) < 4.78 is 0. The van der Waals surface area contributed by atoms with Crippen LogP contribution in [0.3, 0.4) is 0 Å². The van der Waals surface area contributed by atoms with Crippen molar-refractivity contribution in [1.82, 2.24) is 0 Å². The quantitative estimate of drug-likeness (QED) is 0.150. The van der Waals surface area contributed by atoms with Crippen molar-refractivity contribution in [2.75, 3.05) is 16.1 Å². The SMILES string of the molecule is CC(C)(C)c1cc2c3c(c1)N1c4ccc(C(C)(C)C)cc4C(C)(C)c4c(C(C)(C)C)cc5c(c41)S3(C)c1c(cc(C(C)(C)C)c3c1N2c1ccc(C(C)(C)C)cc1C3(C)C)S5. The van der Waals surface area contributed by atoms with Crippen molar-refractivity contribution in [1.29, 1.82) is 0 Å². The van der Waals surface area contributed by atoms with Crippen LogP contribution >= 0.6 is 21.8 Å². The standard InChI is InChI=1S/C57H70N2S2/c1-51(2,3)31-21-23-38-34(25-31)56(16,17)44-36(54(10,11)12)29-42-49-46(44)58(38)40-27-33(53(7,8)9)28-41-48(40)61(49,20)50-43(60-42)30-37(55(13,14)15)45-47(50)59(41)39-24-22-32(52(4,5)6)26-35(39)57(45,18)19/h21-30H,1-20H3. The number of hydrogen-bond donors (Lipinski definition) is 0. The predicted octanol–water partition coefficient (Wildman–Crippen LogP) is 17.4. The van der Waals surface area contributed by atoms with Gasteiger partial charge in [-0.2, -0.15) is 10.0 Å². The van der Waals surface area contributed by atoms with Gasteiger partial charge in [0.2, 0.25) is 0 Å². The largest absolute Gasteiger partial charge is 0.308 e. The van der Waals surface area contributed by atoms with E-state index in [-0.39, 0.29) is 37.9 Å². The number of anilines is 6. The van der Waals surface area contributed by atoms with Crippen molar-refractivity contribution >= 4 is 55.9 Å². The maximum Gasteiger partial charge on any atom is 0.0644 e. The van der Waals surface area contributed by atoms with E-state index >= 15 is 0 Å². The Morgan fingerprint density at radius 1 is 0.426 bits per heavy atom. The molecule has 61 heavy (non-hydrogen) atoms. The van der Waals surface area contributed by atoms with Crippen LogP contribution in [0.25, 0.3) is 0 Å². The van der Waals surface area contributed by atoms with Crippen LogP contribution in [0.15, 0.2) is 85.1 Å². The molecule has 0 spiro atoms. The van der Waals surface area contributed by atoms with E-state index in [1.165, 1.54) is 98.9 Å². The Bertz CT molecular complexity index is 2640. The molecule has 4 heteroatoms. The Hall–Kier alpha value is -3.60. The fraction of sp³-hybridized carbons (Fsp3) is 0.474. The van der Waals surface area contributed by atoms with Gasteiger partial charge in [-0.25, -0.2) is 0 Å². The molecule has 0 atom stereocenters. The topological polar surface area (TPSA) is 6.48 Å². The number of benzene rings is 5. The van der Waals surface area contributed by atoms with Gasteiger partial charge in [-0.05, 0) is 120 Å². The molecule has 5 aromatic carbocycles. The van der Waals surface area contributed by atoms with E-state index < -0.39 is 10.0 Å². The molecule has 0 aromatic heterocycles. The van der Waals surface area contributed by atoms with Gasteiger partial charge in [-0.1, -0.05) is 168 Å². The van der Waals surface area contributed by atoms with Gasteiger partial charge in [0.05, 0.1) is 34.1 Å². The highest BCUT2D eigenvalue weighted by molar-refractivity contribution is 8.34. The normalized spacial score (nSPS) is 19.0. The highest BCUT2D eigenvalue weighted by atomic mass is 32.3. The Kier molecular flexibility index (Phi) is 7.97. The molecule has 0 saturated carbocycles. The lowest BCUT2D eigenvalue weighted by atomic mass is 9.66. The predicted molar refractivity (Wildman–Crippen MR) is 266 cm³/mol. The average molecular weight is 847 g/mol. The molecule has 0 amide bonds. The first-order valence-electron chi connectivity index (χ1n) is 22.8. The summed E-state index contributed by atoms with van der Waals surface area (Å²) in [5, 5.41) is 0. The molecular weight excluding hydrogens is 777 g/mol. The van der Waals surface area contributed by atoms with Crippen LogP contribution in [0, 0.1) is 0 Å². The van der Waals surface area contributed by atoms with Crippen molar-refractivity contribution in [3.8, 4) is 0 Å². The first kappa shape index (κ1) is 41.4. The monoisotopic (exact) mass is 846 g/mol. The Labute approximate surface area is 374 Å². The molecule has 0 unspecified atom stereocenters. The molecule has 0 fully saturated rings. The van der Waals surface area contributed by atoms with Crippen molar-refractivity contribution in [3.63, 3.8) is 0 Å². The van der Waals surface area contributed by atoms with Gasteiger partial charge in [0.15, 0.2) is 0 Å². The van der Waals surface area contributed by atoms with Gasteiger partial charge in [-0.15, -0.1) is 0 Å². The van der Waals surface area contributed by atoms with Gasteiger partial charge >= 0.3 is 0 Å². The molecule has 5 aliphatic heterocycles. The molecule has 5 heterocycles. The van der Waals surface area contributed by atoms with Gasteiger partial charge in [-0.3, -0.25) is 0 Å². The summed E-state index contributed by atoms with van der Waals surface area (Å²) >= 11 is 2.07. The second-order valence-corrected chi connectivity index (χ2v) is 29.6. The summed E-state index contributed by atoms with van der Waals surface area (Å²) in [4.78, 5) is 13.2. The van der Waals surface area contributed by atoms with E-state index in [4.69, 9.17) is 0 Å². The lowest BCUT2D eigenvalue weighted by Gasteiger charge is -2.61. The summed E-state index contributed by atoms with van der Waals surface area (Å²) in [6.07, 6.45) is 2.71. The van der Waals surface area contributed by atoms with Crippen molar-refractivity contribution in [2.45, 2.75) is 194 Å². The van der Waals surface area contributed by atoms with Crippen LogP contribution < -0.4 is 9.80 Å². The molecule has 5 aliphatic rings. The zero-order valence-electron chi connectivity index (χ0n) is 41.0. The molecule has 5 aromatic rings. The van der Waals surface area contributed by atoms with Gasteiger partial charge < -0.3 is 9.80 Å². The molecular formula is C57H70N2S2. The maximum absolute atomic E-state index is 2.79. The van der Waals surface area contributed by atoms with Crippen molar-refractivity contribution in [2.24, 2.45) is 0 Å². The molecule has 0 radical (unpaired) electrons. The molecule has 0 saturated heterocycles. The third-order valence-corrected chi connectivity index (χ3v) is 20.2. The van der Waals surface area contributed by atoms with Crippen molar-refractivity contribution in [3.05, 3.63) is 111 Å². The molecule has 320 valence electrons. The second kappa shape index (κ2) is 11.7. The number of rotatable bonds is 0. The first-order valence-corrected chi connectivity index (χ1v) is 25.7. The lowest BCUT2D eigenvalue weighted by molar-refractivity contribution is 0.536. The Morgan fingerprint density at radius 3 is 1.11 bits per heavy atom. The van der Waals surface area contributed by atoms with Gasteiger partial charge in [0, 0.05) is 35.3 Å². The lowest BCUT2D eigenvalue weighted by Crippen LogP contribution is -2.41. The average Bonchev–Trinajstić information content (AvgIpc) is 3.11. The minimum atomic E-state index is -1.78. The minimum Gasteiger partial charge on any atom is -0.308 e. The zero-order chi connectivity index (χ0) is 44.5. The van der Waals surface area contributed by atoms with Crippen LogP contribution in [-0.4, -0.2) is 6.26 Å². The van der Waals surface area contributed by atoms with Crippen LogP contribution in [0.4, 0.5) is 34.1 Å². The van der Waals surface area contributed by atoms with E-state index in [1.54, 1.807) is 9.79 Å². The van der Waals surface area contributed by atoms with E-state index in [1.807, 2.05) is 0 Å². The van der Waals surface area contributed by atoms with Crippen LogP contribution in [0.5, 0.6) is 0 Å². The van der Waals surface area contributed by atoms with Crippen molar-refractivity contribution < 1.29 is 0 Å². The number of hydrogen-bond acceptors (Lipinski definition) is 3. The fourth-order valence-corrected chi connectivity index (χ4v) is 17.7. The van der Waals surface area contributed by atoms with Gasteiger partial charge in [0.1, 0.15) is 0 Å². The highest BCUT2D eigenvalue weighted by Crippen LogP contribution is 2.87. The highest BCUT2D eigenvalue weighted by Gasteiger charge is 2.58. The molecule has 0 bridgehead atoms. The summed E-state index contributed by atoms with van der Waals surface area (Å²) in [6, 6.07) is 25.6. The number of fused-ring (bicyclic) bond motifs is 6.